The van der Waals surface area contributed by atoms with Crippen molar-refractivity contribution in [2.24, 2.45) is 0 Å². The lowest BCUT2D eigenvalue weighted by molar-refractivity contribution is 0.409. The maximum absolute atomic E-state index is 9.68. The van der Waals surface area contributed by atoms with Crippen molar-refractivity contribution < 1.29 is 9.84 Å². The molecule has 1 N–H and O–H groups in total. The number of benzene rings is 2. The molecule has 2 rings (SSSR count). The molecule has 0 radical (unpaired) electrons. The molecular weight excluding hydrogens is 372 g/mol. The summed E-state index contributed by atoms with van der Waals surface area (Å²) in [5, 5.41) is 9.68. The smallest absolute Gasteiger partial charge is 0.143 e. The topological polar surface area (TPSA) is 29.5 Å². The van der Waals surface area contributed by atoms with Crippen molar-refractivity contribution in [1.29, 1.82) is 0 Å². The summed E-state index contributed by atoms with van der Waals surface area (Å²) >= 11 is 6.69. The summed E-state index contributed by atoms with van der Waals surface area (Å²) in [6.45, 7) is 0. The molecule has 0 unspecified atom stereocenters. The third-order valence-electron chi connectivity index (χ3n) is 2.95. The Labute approximate surface area is 129 Å². The summed E-state index contributed by atoms with van der Waals surface area (Å²) in [5.41, 5.74) is 2.34. The third kappa shape index (κ3) is 3.51. The van der Waals surface area contributed by atoms with Crippen LogP contribution in [0.3, 0.4) is 0 Å². The van der Waals surface area contributed by atoms with Crippen LogP contribution in [0.2, 0.25) is 0 Å². The van der Waals surface area contributed by atoms with E-state index in [4.69, 9.17) is 4.74 Å². The monoisotopic (exact) mass is 384 g/mol. The first kappa shape index (κ1) is 14.4. The van der Waals surface area contributed by atoms with Gasteiger partial charge in [-0.1, -0.05) is 18.2 Å². The van der Waals surface area contributed by atoms with Crippen LogP contribution in [0.4, 0.5) is 0 Å². The van der Waals surface area contributed by atoms with Crippen LogP contribution in [-0.2, 0) is 12.8 Å². The third-order valence-corrected chi connectivity index (χ3v) is 4.16. The molecule has 0 saturated carbocycles. The van der Waals surface area contributed by atoms with Crippen molar-refractivity contribution in [2.75, 3.05) is 7.11 Å². The minimum absolute atomic E-state index is 0.237. The van der Waals surface area contributed by atoms with Gasteiger partial charge in [0.15, 0.2) is 0 Å². The van der Waals surface area contributed by atoms with Gasteiger partial charge < -0.3 is 9.84 Å². The predicted molar refractivity (Wildman–Crippen MR) is 83.9 cm³/mol. The van der Waals surface area contributed by atoms with Crippen LogP contribution < -0.4 is 4.74 Å². The molecule has 19 heavy (non-hydrogen) atoms. The summed E-state index contributed by atoms with van der Waals surface area (Å²) in [5.74, 6) is 1.15. The van der Waals surface area contributed by atoms with Gasteiger partial charge in [-0.3, -0.25) is 0 Å². The fourth-order valence-electron chi connectivity index (χ4n) is 1.95. The quantitative estimate of drug-likeness (QED) is 0.825. The highest BCUT2D eigenvalue weighted by Gasteiger charge is 2.07. The first-order chi connectivity index (χ1) is 9.11. The zero-order valence-corrected chi connectivity index (χ0v) is 13.7. The van der Waals surface area contributed by atoms with Crippen molar-refractivity contribution in [2.45, 2.75) is 12.8 Å². The molecule has 0 heterocycles. The van der Waals surface area contributed by atoms with Gasteiger partial charge in [-0.2, -0.15) is 0 Å². The summed E-state index contributed by atoms with van der Waals surface area (Å²) in [4.78, 5) is 0. The van der Waals surface area contributed by atoms with E-state index in [2.05, 4.69) is 37.9 Å². The molecule has 0 spiro atoms. The molecule has 100 valence electrons. The standard InChI is InChI=1S/C15H14Br2O2/c1-19-14-5-3-2-4-11(14)7-6-10-8-12(16)15(18)13(17)9-10/h2-5,8-9,18H,6-7H2,1H3. The van der Waals surface area contributed by atoms with Gasteiger partial charge in [-0.15, -0.1) is 0 Å². The number of phenols is 1. The largest absolute Gasteiger partial charge is 0.506 e. The van der Waals surface area contributed by atoms with Crippen LogP contribution in [0.15, 0.2) is 45.3 Å². The van der Waals surface area contributed by atoms with Crippen molar-refractivity contribution >= 4 is 31.9 Å². The molecule has 2 aromatic carbocycles. The Morgan fingerprint density at radius 3 is 2.32 bits per heavy atom. The molecule has 2 nitrogen and oxygen atoms in total. The normalized spacial score (nSPS) is 10.5. The van der Waals surface area contributed by atoms with Crippen LogP contribution in [0.25, 0.3) is 0 Å². The van der Waals surface area contributed by atoms with Crippen LogP contribution in [0, 0.1) is 0 Å². The van der Waals surface area contributed by atoms with Crippen molar-refractivity contribution in [1.82, 2.24) is 0 Å². The number of para-hydroxylation sites is 1. The fourth-order valence-corrected chi connectivity index (χ4v) is 3.23. The SMILES string of the molecule is COc1ccccc1CCc1cc(Br)c(O)c(Br)c1. The summed E-state index contributed by atoms with van der Waals surface area (Å²) in [7, 11) is 1.69. The molecule has 0 aliphatic heterocycles. The average molecular weight is 386 g/mol. The molecule has 0 bridgehead atoms. The fraction of sp³-hybridized carbons (Fsp3) is 0.200. The highest BCUT2D eigenvalue weighted by molar-refractivity contribution is 9.11. The Hall–Kier alpha value is -1.00. The molecule has 0 aliphatic rings. The number of phenolic OH excluding ortho intramolecular Hbond substituents is 1. The number of hydrogen-bond acceptors (Lipinski definition) is 2. The number of rotatable bonds is 4. The Bertz CT molecular complexity index is 559. The molecule has 0 amide bonds. The van der Waals surface area contributed by atoms with Crippen molar-refractivity contribution in [3.05, 3.63) is 56.5 Å². The Kier molecular flexibility index (Phi) is 4.88. The van der Waals surface area contributed by atoms with E-state index < -0.39 is 0 Å². The molecule has 0 fully saturated rings. The van der Waals surface area contributed by atoms with Crippen LogP contribution in [0.5, 0.6) is 11.5 Å². The number of ether oxygens (including phenoxy) is 1. The van der Waals surface area contributed by atoms with Gasteiger partial charge in [0, 0.05) is 0 Å². The van der Waals surface area contributed by atoms with Gasteiger partial charge in [0.25, 0.3) is 0 Å². The molecule has 0 atom stereocenters. The van der Waals surface area contributed by atoms with Gasteiger partial charge in [-0.05, 0) is 74.0 Å². The molecule has 0 aromatic heterocycles. The predicted octanol–water partition coefficient (Wildman–Crippen LogP) is 4.71. The Morgan fingerprint density at radius 1 is 1.05 bits per heavy atom. The van der Waals surface area contributed by atoms with E-state index in [9.17, 15) is 5.11 Å². The van der Waals surface area contributed by atoms with Crippen molar-refractivity contribution in [3.8, 4) is 11.5 Å². The molecule has 0 saturated heterocycles. The van der Waals surface area contributed by atoms with Crippen LogP contribution >= 0.6 is 31.9 Å². The van der Waals surface area contributed by atoms with Gasteiger partial charge in [0.05, 0.1) is 16.1 Å². The van der Waals surface area contributed by atoms with E-state index in [-0.39, 0.29) is 5.75 Å². The van der Waals surface area contributed by atoms with E-state index in [0.29, 0.717) is 8.95 Å². The minimum Gasteiger partial charge on any atom is -0.506 e. The highest BCUT2D eigenvalue weighted by Crippen LogP contribution is 2.33. The average Bonchev–Trinajstić information content (AvgIpc) is 2.42. The number of hydrogen-bond donors (Lipinski definition) is 1. The lowest BCUT2D eigenvalue weighted by Crippen LogP contribution is -1.95. The zero-order valence-electron chi connectivity index (χ0n) is 10.5. The van der Waals surface area contributed by atoms with E-state index >= 15 is 0 Å². The second kappa shape index (κ2) is 6.44. The number of methoxy groups -OCH3 is 1. The second-order valence-electron chi connectivity index (χ2n) is 4.22. The molecular formula is C15H14Br2O2. The molecule has 2 aromatic rings. The first-order valence-electron chi connectivity index (χ1n) is 5.90. The van der Waals surface area contributed by atoms with Gasteiger partial charge in [0.2, 0.25) is 0 Å². The van der Waals surface area contributed by atoms with E-state index in [1.54, 1.807) is 7.11 Å². The van der Waals surface area contributed by atoms with Gasteiger partial charge in [-0.25, -0.2) is 0 Å². The Morgan fingerprint density at radius 2 is 1.68 bits per heavy atom. The highest BCUT2D eigenvalue weighted by atomic mass is 79.9. The van der Waals surface area contributed by atoms with Gasteiger partial charge >= 0.3 is 0 Å². The molecule has 0 aliphatic carbocycles. The van der Waals surface area contributed by atoms with Crippen LogP contribution in [-0.4, -0.2) is 12.2 Å². The summed E-state index contributed by atoms with van der Waals surface area (Å²) in [6.07, 6.45) is 1.78. The van der Waals surface area contributed by atoms with E-state index in [1.165, 1.54) is 5.56 Å². The number of halogens is 2. The van der Waals surface area contributed by atoms with E-state index in [0.717, 1.165) is 24.2 Å². The second-order valence-corrected chi connectivity index (χ2v) is 5.93. The minimum atomic E-state index is 0.237. The van der Waals surface area contributed by atoms with Crippen molar-refractivity contribution in [3.63, 3.8) is 0 Å². The van der Waals surface area contributed by atoms with Crippen LogP contribution in [0.1, 0.15) is 11.1 Å². The summed E-state index contributed by atoms with van der Waals surface area (Å²) in [6, 6.07) is 11.9. The van der Waals surface area contributed by atoms with Gasteiger partial charge in [0.1, 0.15) is 11.5 Å². The Balaban J connectivity index is 2.15. The lowest BCUT2D eigenvalue weighted by atomic mass is 10.0. The maximum Gasteiger partial charge on any atom is 0.143 e. The molecule has 4 heteroatoms. The lowest BCUT2D eigenvalue weighted by Gasteiger charge is -2.09. The zero-order chi connectivity index (χ0) is 13.8. The van der Waals surface area contributed by atoms with E-state index in [1.807, 2.05) is 30.3 Å². The number of aromatic hydroxyl groups is 1. The maximum atomic E-state index is 9.68. The number of aryl methyl sites for hydroxylation is 2. The summed E-state index contributed by atoms with van der Waals surface area (Å²) < 4.78 is 6.75. The first-order valence-corrected chi connectivity index (χ1v) is 7.49.